The molecule has 2 aromatic heterocycles. The number of amides is 1. The number of fused-ring (bicyclic) bond motifs is 1. The van der Waals surface area contributed by atoms with E-state index in [0.29, 0.717) is 0 Å². The molecule has 2 heterocycles. The Bertz CT molecular complexity index is 615. The first-order valence-corrected chi connectivity index (χ1v) is 5.56. The van der Waals surface area contributed by atoms with Gasteiger partial charge in [0, 0.05) is 30.7 Å². The number of nitrogens with one attached hydrogen (secondary N) is 1. The van der Waals surface area contributed by atoms with Gasteiger partial charge in [-0.3, -0.25) is 4.79 Å². The second-order valence-corrected chi connectivity index (χ2v) is 4.21. The normalized spacial score (nSPS) is 16.4. The second kappa shape index (κ2) is 3.69. The lowest BCUT2D eigenvalue weighted by molar-refractivity contribution is -0.118. The van der Waals surface area contributed by atoms with Gasteiger partial charge in [-0.15, -0.1) is 0 Å². The number of aromatic amines is 1. The first-order chi connectivity index (χ1) is 8.25. The Morgan fingerprint density at radius 2 is 2.35 bits per heavy atom. The Morgan fingerprint density at radius 3 is 3.12 bits per heavy atom. The van der Waals surface area contributed by atoms with Gasteiger partial charge in [0.2, 0.25) is 0 Å². The number of aromatic nitrogens is 2. The predicted octanol–water partition coefficient (Wildman–Crippen LogP) is 1.45. The van der Waals surface area contributed by atoms with Crippen molar-refractivity contribution in [2.45, 2.75) is 12.8 Å². The summed E-state index contributed by atoms with van der Waals surface area (Å²) in [5.74, 6) is 0.258. The molecule has 0 spiro atoms. The molecule has 0 bridgehead atoms. The minimum Gasteiger partial charge on any atom is -0.383 e. The quantitative estimate of drug-likeness (QED) is 0.605. The average Bonchev–Trinajstić information content (AvgIpc) is 3.06. The Kier molecular flexibility index (Phi) is 2.18. The van der Waals surface area contributed by atoms with E-state index in [1.807, 2.05) is 6.07 Å². The number of H-pyrrole nitrogens is 1. The van der Waals surface area contributed by atoms with E-state index in [2.05, 4.69) is 15.0 Å². The molecule has 0 atom stereocenters. The lowest BCUT2D eigenvalue weighted by Crippen LogP contribution is -2.16. The SMILES string of the molecule is NC(=NC(=O)C1CC1)c1ccnc2[nH]ccc12.[HH]. The van der Waals surface area contributed by atoms with Crippen LogP contribution in [0.2, 0.25) is 0 Å². The molecule has 0 radical (unpaired) electrons. The highest BCUT2D eigenvalue weighted by atomic mass is 16.1. The molecule has 1 fully saturated rings. The summed E-state index contributed by atoms with van der Waals surface area (Å²) in [4.78, 5) is 22.7. The zero-order chi connectivity index (χ0) is 11.8. The van der Waals surface area contributed by atoms with Crippen molar-refractivity contribution in [3.8, 4) is 0 Å². The maximum Gasteiger partial charge on any atom is 0.250 e. The number of amidine groups is 1. The fourth-order valence-corrected chi connectivity index (χ4v) is 1.78. The molecule has 0 unspecified atom stereocenters. The van der Waals surface area contributed by atoms with Crippen LogP contribution in [-0.4, -0.2) is 21.7 Å². The summed E-state index contributed by atoms with van der Waals surface area (Å²) in [7, 11) is 0. The number of hydrogen-bond acceptors (Lipinski definition) is 2. The number of rotatable bonds is 2. The van der Waals surface area contributed by atoms with Crippen LogP contribution in [0.4, 0.5) is 0 Å². The third-order valence-electron chi connectivity index (χ3n) is 2.89. The van der Waals surface area contributed by atoms with Crippen molar-refractivity contribution in [2.24, 2.45) is 16.6 Å². The minimum absolute atomic E-state index is 0. The van der Waals surface area contributed by atoms with Crippen LogP contribution in [0.15, 0.2) is 29.5 Å². The Hall–Kier alpha value is -2.17. The van der Waals surface area contributed by atoms with Gasteiger partial charge in [-0.25, -0.2) is 4.98 Å². The van der Waals surface area contributed by atoms with Crippen LogP contribution < -0.4 is 5.73 Å². The number of nitrogens with two attached hydrogens (primary N) is 1. The maximum absolute atomic E-state index is 11.6. The van der Waals surface area contributed by atoms with Crippen molar-refractivity contribution in [2.75, 3.05) is 0 Å². The molecule has 1 saturated carbocycles. The molecule has 88 valence electrons. The lowest BCUT2D eigenvalue weighted by Gasteiger charge is -2.01. The molecule has 2 aromatic rings. The first-order valence-electron chi connectivity index (χ1n) is 5.56. The van der Waals surface area contributed by atoms with Gasteiger partial charge in [-0.05, 0) is 25.0 Å². The van der Waals surface area contributed by atoms with Gasteiger partial charge in [0.15, 0.2) is 0 Å². The summed E-state index contributed by atoms with van der Waals surface area (Å²) in [6, 6.07) is 3.65. The van der Waals surface area contributed by atoms with Crippen molar-refractivity contribution in [1.29, 1.82) is 0 Å². The molecule has 17 heavy (non-hydrogen) atoms. The molecular weight excluding hydrogens is 216 g/mol. The summed E-state index contributed by atoms with van der Waals surface area (Å²) >= 11 is 0. The second-order valence-electron chi connectivity index (χ2n) is 4.21. The molecule has 3 rings (SSSR count). The minimum atomic E-state index is -0.108. The van der Waals surface area contributed by atoms with Crippen LogP contribution >= 0.6 is 0 Å². The zero-order valence-electron chi connectivity index (χ0n) is 9.18. The molecular formula is C12H14N4O. The van der Waals surface area contributed by atoms with Crippen molar-refractivity contribution >= 4 is 22.8 Å². The van der Waals surface area contributed by atoms with Crippen molar-refractivity contribution < 1.29 is 6.22 Å². The molecule has 0 aromatic carbocycles. The number of nitrogens with zero attached hydrogens (tertiary/aromatic N) is 2. The highest BCUT2D eigenvalue weighted by Crippen LogP contribution is 2.30. The molecule has 1 aliphatic rings. The number of aliphatic imine (C=N–C) groups is 1. The van der Waals surface area contributed by atoms with E-state index in [0.717, 1.165) is 29.4 Å². The summed E-state index contributed by atoms with van der Waals surface area (Å²) in [5, 5.41) is 0.886. The predicted molar refractivity (Wildman–Crippen MR) is 66.7 cm³/mol. The standard InChI is InChI=1S/C12H12N4O.H2/c13-10(16-12(17)7-1-2-7)8-3-5-14-11-9(8)4-6-15-11;/h3-7H,1-2H2,(H,14,15)(H2,13,16,17);1H. The third kappa shape index (κ3) is 1.80. The van der Waals surface area contributed by atoms with E-state index in [4.69, 9.17) is 5.73 Å². The summed E-state index contributed by atoms with van der Waals surface area (Å²) < 4.78 is 0. The van der Waals surface area contributed by atoms with Gasteiger partial charge in [0.05, 0.1) is 0 Å². The van der Waals surface area contributed by atoms with Crippen LogP contribution in [0.1, 0.15) is 19.8 Å². The molecule has 1 aliphatic carbocycles. The topological polar surface area (TPSA) is 84.1 Å². The molecule has 3 N–H and O–H groups in total. The smallest absolute Gasteiger partial charge is 0.250 e. The van der Waals surface area contributed by atoms with Crippen LogP contribution in [0.5, 0.6) is 0 Å². The largest absolute Gasteiger partial charge is 0.383 e. The number of hydrogen-bond donors (Lipinski definition) is 2. The van der Waals surface area contributed by atoms with Gasteiger partial charge < -0.3 is 10.7 Å². The van der Waals surface area contributed by atoms with Gasteiger partial charge in [-0.1, -0.05) is 0 Å². The number of pyridine rings is 1. The van der Waals surface area contributed by atoms with E-state index >= 15 is 0 Å². The van der Waals surface area contributed by atoms with Crippen molar-refractivity contribution in [3.63, 3.8) is 0 Å². The molecule has 0 aliphatic heterocycles. The molecule has 5 nitrogen and oxygen atoms in total. The molecule has 5 heteroatoms. The van der Waals surface area contributed by atoms with Crippen LogP contribution in [-0.2, 0) is 4.79 Å². The van der Waals surface area contributed by atoms with E-state index in [1.54, 1.807) is 18.5 Å². The summed E-state index contributed by atoms with van der Waals surface area (Å²) in [6.45, 7) is 0. The highest BCUT2D eigenvalue weighted by Gasteiger charge is 2.29. The van der Waals surface area contributed by atoms with E-state index in [1.165, 1.54) is 0 Å². The Morgan fingerprint density at radius 1 is 1.53 bits per heavy atom. The van der Waals surface area contributed by atoms with Gasteiger partial charge in [-0.2, -0.15) is 4.99 Å². The lowest BCUT2D eigenvalue weighted by atomic mass is 10.2. The third-order valence-corrected chi connectivity index (χ3v) is 2.89. The van der Waals surface area contributed by atoms with Gasteiger partial charge >= 0.3 is 0 Å². The van der Waals surface area contributed by atoms with E-state index in [9.17, 15) is 4.79 Å². The first kappa shape index (κ1) is 10.0. The molecule has 0 saturated heterocycles. The highest BCUT2D eigenvalue weighted by molar-refractivity contribution is 6.11. The average molecular weight is 230 g/mol. The maximum atomic E-state index is 11.6. The Labute approximate surface area is 99.2 Å². The van der Waals surface area contributed by atoms with Gasteiger partial charge in [0.1, 0.15) is 11.5 Å². The van der Waals surface area contributed by atoms with Crippen LogP contribution in [0.3, 0.4) is 0 Å². The zero-order valence-corrected chi connectivity index (χ0v) is 9.18. The van der Waals surface area contributed by atoms with E-state index < -0.39 is 0 Å². The van der Waals surface area contributed by atoms with E-state index in [-0.39, 0.29) is 19.1 Å². The number of carbonyl (C=O) groups excluding carboxylic acids is 1. The Balaban J connectivity index is 0.00000120. The fourth-order valence-electron chi connectivity index (χ4n) is 1.78. The monoisotopic (exact) mass is 230 g/mol. The molecule has 1 amide bonds. The number of carbonyl (C=O) groups is 1. The van der Waals surface area contributed by atoms with Crippen LogP contribution in [0.25, 0.3) is 11.0 Å². The van der Waals surface area contributed by atoms with Crippen molar-refractivity contribution in [1.82, 2.24) is 9.97 Å². The fraction of sp³-hybridized carbons (Fsp3) is 0.250. The van der Waals surface area contributed by atoms with Crippen molar-refractivity contribution in [3.05, 3.63) is 30.1 Å². The van der Waals surface area contributed by atoms with Gasteiger partial charge in [0.25, 0.3) is 5.91 Å². The van der Waals surface area contributed by atoms with Crippen LogP contribution in [0, 0.1) is 5.92 Å². The summed E-state index contributed by atoms with van der Waals surface area (Å²) in [6.07, 6.45) is 5.31. The summed E-state index contributed by atoms with van der Waals surface area (Å²) in [5.41, 5.74) is 7.38.